The Balaban J connectivity index is 1.49. The highest BCUT2D eigenvalue weighted by atomic mass is 79.9. The predicted octanol–water partition coefficient (Wildman–Crippen LogP) is 6.01. The molecule has 6 nitrogen and oxygen atoms in total. The zero-order valence-corrected chi connectivity index (χ0v) is 20.1. The Bertz CT molecular complexity index is 1330. The molecule has 0 saturated heterocycles. The molecule has 0 fully saturated rings. The lowest BCUT2D eigenvalue weighted by molar-refractivity contribution is 0.0977. The molecule has 8 heteroatoms. The molecule has 0 radical (unpaired) electrons. The minimum atomic E-state index is -0.260. The third kappa shape index (κ3) is 4.81. The number of hydrogen-bond donors (Lipinski definition) is 2. The summed E-state index contributed by atoms with van der Waals surface area (Å²) in [5, 5.41) is 5.95. The fourth-order valence-electron chi connectivity index (χ4n) is 3.37. The SMILES string of the molecule is COc1ccc(-c2nc3cc(NC(=S)NC(=O)c4cc(C)cc(C)c4)ccc3o2)cc1Br. The van der Waals surface area contributed by atoms with Gasteiger partial charge in [-0.25, -0.2) is 4.98 Å². The van der Waals surface area contributed by atoms with Gasteiger partial charge < -0.3 is 14.5 Å². The summed E-state index contributed by atoms with van der Waals surface area (Å²) in [6, 6.07) is 16.7. The Morgan fingerprint density at radius 2 is 1.81 bits per heavy atom. The summed E-state index contributed by atoms with van der Waals surface area (Å²) in [5.41, 5.74) is 5.42. The maximum Gasteiger partial charge on any atom is 0.257 e. The van der Waals surface area contributed by atoms with Crippen molar-refractivity contribution in [2.24, 2.45) is 0 Å². The van der Waals surface area contributed by atoms with Crippen molar-refractivity contribution in [3.63, 3.8) is 0 Å². The third-order valence-corrected chi connectivity index (χ3v) is 5.58. The first-order valence-electron chi connectivity index (χ1n) is 9.77. The van der Waals surface area contributed by atoms with Crippen molar-refractivity contribution in [2.45, 2.75) is 13.8 Å². The number of aryl methyl sites for hydroxylation is 2. The summed E-state index contributed by atoms with van der Waals surface area (Å²) in [7, 11) is 1.61. The number of hydrogen-bond acceptors (Lipinski definition) is 5. The van der Waals surface area contributed by atoms with Crippen LogP contribution in [0.1, 0.15) is 21.5 Å². The van der Waals surface area contributed by atoms with Gasteiger partial charge in [0.15, 0.2) is 10.7 Å². The molecule has 3 aromatic carbocycles. The zero-order valence-electron chi connectivity index (χ0n) is 17.7. The molecular formula is C24H20BrN3O3S. The number of rotatable bonds is 4. The molecule has 0 aliphatic carbocycles. The van der Waals surface area contributed by atoms with E-state index in [4.69, 9.17) is 21.4 Å². The molecule has 0 spiro atoms. The Labute approximate surface area is 199 Å². The van der Waals surface area contributed by atoms with E-state index in [0.717, 1.165) is 26.9 Å². The van der Waals surface area contributed by atoms with Gasteiger partial charge in [0.05, 0.1) is 11.6 Å². The van der Waals surface area contributed by atoms with Crippen LogP contribution in [-0.4, -0.2) is 23.1 Å². The van der Waals surface area contributed by atoms with Gasteiger partial charge in [-0.15, -0.1) is 0 Å². The van der Waals surface area contributed by atoms with Crippen molar-refractivity contribution >= 4 is 56.0 Å². The molecule has 1 aromatic heterocycles. The Kier molecular flexibility index (Phi) is 6.25. The van der Waals surface area contributed by atoms with Crippen LogP contribution in [0.2, 0.25) is 0 Å². The predicted molar refractivity (Wildman–Crippen MR) is 133 cm³/mol. The Morgan fingerprint density at radius 3 is 2.50 bits per heavy atom. The fraction of sp³-hybridized carbons (Fsp3) is 0.125. The van der Waals surface area contributed by atoms with Gasteiger partial charge in [0.2, 0.25) is 5.89 Å². The van der Waals surface area contributed by atoms with Crippen molar-refractivity contribution in [3.05, 3.63) is 75.8 Å². The normalized spacial score (nSPS) is 10.8. The highest BCUT2D eigenvalue weighted by Crippen LogP contribution is 2.32. The summed E-state index contributed by atoms with van der Waals surface area (Å²) < 4.78 is 12.0. The van der Waals surface area contributed by atoms with Crippen molar-refractivity contribution in [1.29, 1.82) is 0 Å². The summed E-state index contributed by atoms with van der Waals surface area (Å²) >= 11 is 8.79. The Hall–Kier alpha value is -3.23. The van der Waals surface area contributed by atoms with Gasteiger partial charge in [0.1, 0.15) is 11.3 Å². The molecule has 162 valence electrons. The first-order chi connectivity index (χ1) is 15.3. The van der Waals surface area contributed by atoms with Gasteiger partial charge in [-0.1, -0.05) is 17.2 Å². The van der Waals surface area contributed by atoms with E-state index in [1.807, 2.05) is 62.4 Å². The lowest BCUT2D eigenvalue weighted by atomic mass is 10.1. The largest absolute Gasteiger partial charge is 0.496 e. The van der Waals surface area contributed by atoms with Crippen LogP contribution in [-0.2, 0) is 0 Å². The van der Waals surface area contributed by atoms with Gasteiger partial charge in [0.25, 0.3) is 5.91 Å². The maximum atomic E-state index is 12.5. The van der Waals surface area contributed by atoms with E-state index in [9.17, 15) is 4.79 Å². The number of ether oxygens (including phenoxy) is 1. The van der Waals surface area contributed by atoms with Crippen molar-refractivity contribution < 1.29 is 13.9 Å². The molecule has 32 heavy (non-hydrogen) atoms. The molecule has 4 aromatic rings. The third-order valence-electron chi connectivity index (χ3n) is 4.76. The van der Waals surface area contributed by atoms with Crippen LogP contribution in [0.4, 0.5) is 5.69 Å². The van der Waals surface area contributed by atoms with Gasteiger partial charge >= 0.3 is 0 Å². The number of nitrogens with zero attached hydrogens (tertiary/aromatic N) is 1. The van der Waals surface area contributed by atoms with Crippen molar-refractivity contribution in [2.75, 3.05) is 12.4 Å². The number of halogens is 1. The molecule has 0 saturated carbocycles. The number of oxazole rings is 1. The number of nitrogens with one attached hydrogen (secondary N) is 2. The zero-order chi connectivity index (χ0) is 22.8. The molecule has 0 unspecified atom stereocenters. The first kappa shape index (κ1) is 22.0. The smallest absolute Gasteiger partial charge is 0.257 e. The van der Waals surface area contributed by atoms with E-state index in [0.29, 0.717) is 28.2 Å². The molecule has 2 N–H and O–H groups in total. The minimum Gasteiger partial charge on any atom is -0.496 e. The number of aromatic nitrogens is 1. The van der Waals surface area contributed by atoms with E-state index in [1.54, 1.807) is 13.2 Å². The topological polar surface area (TPSA) is 76.4 Å². The summed E-state index contributed by atoms with van der Waals surface area (Å²) in [6.07, 6.45) is 0. The average Bonchev–Trinajstić information content (AvgIpc) is 3.16. The molecule has 1 amide bonds. The second kappa shape index (κ2) is 9.10. The first-order valence-corrected chi connectivity index (χ1v) is 11.0. The number of anilines is 1. The second-order valence-corrected chi connectivity index (χ2v) is 8.60. The molecule has 0 atom stereocenters. The number of methoxy groups -OCH3 is 1. The van der Waals surface area contributed by atoms with Gasteiger partial charge in [-0.3, -0.25) is 10.1 Å². The molecular weight excluding hydrogens is 490 g/mol. The molecule has 1 heterocycles. The van der Waals surface area contributed by atoms with Gasteiger partial charge in [0, 0.05) is 16.8 Å². The summed E-state index contributed by atoms with van der Waals surface area (Å²) in [6.45, 7) is 3.90. The Morgan fingerprint density at radius 1 is 1.06 bits per heavy atom. The fourth-order valence-corrected chi connectivity index (χ4v) is 4.12. The number of thiocarbonyl (C=S) groups is 1. The number of fused-ring (bicyclic) bond motifs is 1. The second-order valence-electron chi connectivity index (χ2n) is 7.34. The number of carbonyl (C=O) groups is 1. The van der Waals surface area contributed by atoms with Crippen LogP contribution in [0, 0.1) is 13.8 Å². The van der Waals surface area contributed by atoms with Crippen LogP contribution < -0.4 is 15.4 Å². The average molecular weight is 510 g/mol. The highest BCUT2D eigenvalue weighted by molar-refractivity contribution is 9.10. The van der Waals surface area contributed by atoms with E-state index in [2.05, 4.69) is 31.5 Å². The van der Waals surface area contributed by atoms with Crippen LogP contribution >= 0.6 is 28.1 Å². The highest BCUT2D eigenvalue weighted by Gasteiger charge is 2.13. The molecule has 0 aliphatic heterocycles. The molecule has 4 rings (SSSR count). The van der Waals surface area contributed by atoms with Crippen LogP contribution in [0.5, 0.6) is 5.75 Å². The monoisotopic (exact) mass is 509 g/mol. The number of amides is 1. The minimum absolute atomic E-state index is 0.205. The standard InChI is InChI=1S/C24H20BrN3O3S/c1-13-8-14(2)10-16(9-13)22(29)28-24(32)26-17-5-7-21-19(12-17)27-23(31-21)15-4-6-20(30-3)18(25)11-15/h4-12H,1-3H3,(H2,26,28,29,32). The van der Waals surface area contributed by atoms with Crippen molar-refractivity contribution in [1.82, 2.24) is 10.3 Å². The van der Waals surface area contributed by atoms with Crippen molar-refractivity contribution in [3.8, 4) is 17.2 Å². The number of carbonyl (C=O) groups excluding carboxylic acids is 1. The quantitative estimate of drug-likeness (QED) is 0.328. The van der Waals surface area contributed by atoms with Crippen LogP contribution in [0.25, 0.3) is 22.6 Å². The van der Waals surface area contributed by atoms with Gasteiger partial charge in [-0.2, -0.15) is 0 Å². The maximum absolute atomic E-state index is 12.5. The molecule has 0 aliphatic rings. The van der Waals surface area contributed by atoms with Crippen LogP contribution in [0.15, 0.2) is 63.5 Å². The molecule has 0 bridgehead atoms. The van der Waals surface area contributed by atoms with E-state index in [-0.39, 0.29) is 11.0 Å². The number of benzene rings is 3. The van der Waals surface area contributed by atoms with Gasteiger partial charge in [-0.05, 0) is 90.5 Å². The lowest BCUT2D eigenvalue weighted by Gasteiger charge is -2.10. The lowest BCUT2D eigenvalue weighted by Crippen LogP contribution is -2.34. The van der Waals surface area contributed by atoms with Crippen LogP contribution in [0.3, 0.4) is 0 Å². The van der Waals surface area contributed by atoms with E-state index in [1.165, 1.54) is 0 Å². The summed E-state index contributed by atoms with van der Waals surface area (Å²) in [5.74, 6) is 0.961. The van der Waals surface area contributed by atoms with E-state index >= 15 is 0 Å². The van der Waals surface area contributed by atoms with E-state index < -0.39 is 0 Å². The summed E-state index contributed by atoms with van der Waals surface area (Å²) in [4.78, 5) is 17.1.